The Bertz CT molecular complexity index is 409. The van der Waals surface area contributed by atoms with Crippen molar-refractivity contribution in [1.29, 1.82) is 0 Å². The minimum absolute atomic E-state index is 0.161. The molecule has 4 heteroatoms. The quantitative estimate of drug-likeness (QED) is 0.711. The molecular weight excluding hydrogens is 244 g/mol. The highest BCUT2D eigenvalue weighted by Crippen LogP contribution is 2.09. The molecule has 0 heterocycles. The molecule has 0 saturated carbocycles. The highest BCUT2D eigenvalue weighted by Gasteiger charge is 2.06. The third-order valence-corrected chi connectivity index (χ3v) is 2.62. The second kappa shape index (κ2) is 8.29. The van der Waals surface area contributed by atoms with E-state index in [1.54, 1.807) is 26.0 Å². The summed E-state index contributed by atoms with van der Waals surface area (Å²) in [5, 5.41) is 0. The van der Waals surface area contributed by atoms with Crippen molar-refractivity contribution in [2.24, 2.45) is 0 Å². The van der Waals surface area contributed by atoms with Gasteiger partial charge in [0.15, 0.2) is 0 Å². The molecule has 0 aliphatic rings. The fraction of sp³-hybridized carbons (Fsp3) is 0.467. The van der Waals surface area contributed by atoms with Crippen molar-refractivity contribution in [3.63, 3.8) is 0 Å². The highest BCUT2D eigenvalue weighted by molar-refractivity contribution is 5.89. The Balaban J connectivity index is 2.40. The number of aryl methyl sites for hydroxylation is 1. The van der Waals surface area contributed by atoms with Gasteiger partial charge >= 0.3 is 11.9 Å². The van der Waals surface area contributed by atoms with Crippen molar-refractivity contribution >= 4 is 11.9 Å². The second-order valence-corrected chi connectivity index (χ2v) is 4.08. The Morgan fingerprint density at radius 3 is 2.21 bits per heavy atom. The lowest BCUT2D eigenvalue weighted by molar-refractivity contribution is -0.143. The van der Waals surface area contributed by atoms with Crippen molar-refractivity contribution in [2.45, 2.75) is 33.1 Å². The summed E-state index contributed by atoms with van der Waals surface area (Å²) in [6, 6.07) is 7.27. The third-order valence-electron chi connectivity index (χ3n) is 2.62. The van der Waals surface area contributed by atoms with Crippen LogP contribution < -0.4 is 0 Å². The molecule has 0 fully saturated rings. The van der Waals surface area contributed by atoms with Gasteiger partial charge in [0.05, 0.1) is 18.8 Å². The first-order chi connectivity index (χ1) is 9.17. The van der Waals surface area contributed by atoms with E-state index in [4.69, 9.17) is 9.47 Å². The zero-order valence-electron chi connectivity index (χ0n) is 11.5. The van der Waals surface area contributed by atoms with Crippen molar-refractivity contribution in [3.8, 4) is 0 Å². The Labute approximate surface area is 113 Å². The Hall–Kier alpha value is -1.84. The van der Waals surface area contributed by atoms with Crippen molar-refractivity contribution < 1.29 is 19.1 Å². The second-order valence-electron chi connectivity index (χ2n) is 4.08. The predicted molar refractivity (Wildman–Crippen MR) is 72.0 cm³/mol. The van der Waals surface area contributed by atoms with E-state index in [1.165, 1.54) is 0 Å². The number of carbonyl (C=O) groups is 2. The van der Waals surface area contributed by atoms with Crippen LogP contribution in [0.5, 0.6) is 0 Å². The maximum absolute atomic E-state index is 11.4. The van der Waals surface area contributed by atoms with Gasteiger partial charge in [-0.15, -0.1) is 0 Å². The summed E-state index contributed by atoms with van der Waals surface area (Å²) in [4.78, 5) is 22.6. The van der Waals surface area contributed by atoms with Crippen molar-refractivity contribution in [3.05, 3.63) is 35.4 Å². The third kappa shape index (κ3) is 5.55. The topological polar surface area (TPSA) is 52.6 Å². The van der Waals surface area contributed by atoms with E-state index in [0.29, 0.717) is 25.2 Å². The average Bonchev–Trinajstić information content (AvgIpc) is 2.40. The summed E-state index contributed by atoms with van der Waals surface area (Å²) >= 11 is 0. The van der Waals surface area contributed by atoms with Crippen LogP contribution in [0.3, 0.4) is 0 Å². The molecule has 0 atom stereocenters. The molecule has 0 amide bonds. The maximum atomic E-state index is 11.4. The standard InChI is InChI=1S/C15H20O4/c1-3-18-14(16)7-5-6-12-8-10-13(11-9-12)15(17)19-4-2/h8-11H,3-7H2,1-2H3. The Kier molecular flexibility index (Phi) is 6.64. The summed E-state index contributed by atoms with van der Waals surface area (Å²) in [5.74, 6) is -0.466. The van der Waals surface area contributed by atoms with Gasteiger partial charge in [-0.05, 0) is 44.4 Å². The number of benzene rings is 1. The first kappa shape index (κ1) is 15.2. The van der Waals surface area contributed by atoms with E-state index >= 15 is 0 Å². The first-order valence-corrected chi connectivity index (χ1v) is 6.59. The van der Waals surface area contributed by atoms with Crippen LogP contribution in [0.2, 0.25) is 0 Å². The lowest BCUT2D eigenvalue weighted by atomic mass is 10.1. The molecular formula is C15H20O4. The molecule has 0 aliphatic heterocycles. The minimum atomic E-state index is -0.305. The number of hydrogen-bond acceptors (Lipinski definition) is 4. The Morgan fingerprint density at radius 1 is 1.00 bits per heavy atom. The van der Waals surface area contributed by atoms with Crippen LogP contribution in [0.25, 0.3) is 0 Å². The molecule has 19 heavy (non-hydrogen) atoms. The van der Waals surface area contributed by atoms with Gasteiger partial charge in [0.1, 0.15) is 0 Å². The van der Waals surface area contributed by atoms with Crippen LogP contribution in [-0.4, -0.2) is 25.2 Å². The molecule has 1 aromatic rings. The average molecular weight is 264 g/mol. The van der Waals surface area contributed by atoms with E-state index in [1.807, 2.05) is 12.1 Å². The smallest absolute Gasteiger partial charge is 0.338 e. The fourth-order valence-electron chi connectivity index (χ4n) is 1.69. The van der Waals surface area contributed by atoms with Crippen LogP contribution in [0, 0.1) is 0 Å². The lowest BCUT2D eigenvalue weighted by Crippen LogP contribution is -2.05. The van der Waals surface area contributed by atoms with E-state index in [0.717, 1.165) is 18.4 Å². The van der Waals surface area contributed by atoms with Gasteiger partial charge in [0.25, 0.3) is 0 Å². The molecule has 0 saturated heterocycles. The molecule has 0 radical (unpaired) electrons. The normalized spacial score (nSPS) is 10.0. The predicted octanol–water partition coefficient (Wildman–Crippen LogP) is 2.75. The molecule has 4 nitrogen and oxygen atoms in total. The van der Waals surface area contributed by atoms with Crippen LogP contribution in [0.1, 0.15) is 42.6 Å². The van der Waals surface area contributed by atoms with Crippen molar-refractivity contribution in [1.82, 2.24) is 0 Å². The molecule has 104 valence electrons. The van der Waals surface area contributed by atoms with Gasteiger partial charge in [0.2, 0.25) is 0 Å². The molecule has 0 bridgehead atoms. The summed E-state index contributed by atoms with van der Waals surface area (Å²) in [6.45, 7) is 4.38. The van der Waals surface area contributed by atoms with Crippen LogP contribution >= 0.6 is 0 Å². The largest absolute Gasteiger partial charge is 0.466 e. The summed E-state index contributed by atoms with van der Waals surface area (Å²) in [5.41, 5.74) is 1.65. The number of carbonyl (C=O) groups excluding carboxylic acids is 2. The van der Waals surface area contributed by atoms with Gasteiger partial charge in [0, 0.05) is 6.42 Å². The zero-order valence-corrected chi connectivity index (χ0v) is 11.5. The monoisotopic (exact) mass is 264 g/mol. The summed E-state index contributed by atoms with van der Waals surface area (Å²) in [6.07, 6.45) is 1.97. The van der Waals surface area contributed by atoms with E-state index in [9.17, 15) is 9.59 Å². The van der Waals surface area contributed by atoms with E-state index in [2.05, 4.69) is 0 Å². The summed E-state index contributed by atoms with van der Waals surface area (Å²) in [7, 11) is 0. The number of rotatable bonds is 7. The molecule has 0 N–H and O–H groups in total. The van der Waals surface area contributed by atoms with Gasteiger partial charge < -0.3 is 9.47 Å². The number of ether oxygens (including phenoxy) is 2. The molecule has 0 spiro atoms. The number of esters is 2. The molecule has 1 aromatic carbocycles. The van der Waals surface area contributed by atoms with Crippen LogP contribution in [-0.2, 0) is 20.7 Å². The summed E-state index contributed by atoms with van der Waals surface area (Å²) < 4.78 is 9.76. The van der Waals surface area contributed by atoms with Gasteiger partial charge in [-0.2, -0.15) is 0 Å². The van der Waals surface area contributed by atoms with E-state index in [-0.39, 0.29) is 11.9 Å². The van der Waals surface area contributed by atoms with Crippen LogP contribution in [0.4, 0.5) is 0 Å². The number of hydrogen-bond donors (Lipinski definition) is 0. The van der Waals surface area contributed by atoms with Crippen LogP contribution in [0.15, 0.2) is 24.3 Å². The fourth-order valence-corrected chi connectivity index (χ4v) is 1.69. The first-order valence-electron chi connectivity index (χ1n) is 6.59. The lowest BCUT2D eigenvalue weighted by Gasteiger charge is -2.04. The van der Waals surface area contributed by atoms with Gasteiger partial charge in [-0.3, -0.25) is 4.79 Å². The highest BCUT2D eigenvalue weighted by atomic mass is 16.5. The zero-order chi connectivity index (χ0) is 14.1. The SMILES string of the molecule is CCOC(=O)CCCc1ccc(C(=O)OCC)cc1. The molecule has 1 rings (SSSR count). The molecule has 0 aliphatic carbocycles. The minimum Gasteiger partial charge on any atom is -0.466 e. The maximum Gasteiger partial charge on any atom is 0.338 e. The van der Waals surface area contributed by atoms with Gasteiger partial charge in [-0.25, -0.2) is 4.79 Å². The van der Waals surface area contributed by atoms with E-state index < -0.39 is 0 Å². The van der Waals surface area contributed by atoms with Crippen molar-refractivity contribution in [2.75, 3.05) is 13.2 Å². The molecule has 0 unspecified atom stereocenters. The molecule has 0 aromatic heterocycles. The van der Waals surface area contributed by atoms with Gasteiger partial charge in [-0.1, -0.05) is 12.1 Å². The Morgan fingerprint density at radius 2 is 1.63 bits per heavy atom.